The molecule has 0 aromatic rings. The van der Waals surface area contributed by atoms with Gasteiger partial charge in [0.05, 0.1) is 13.2 Å². The number of carbonyl (C=O) groups excluding carboxylic acids is 1. The zero-order valence-electron chi connectivity index (χ0n) is 12.8. The number of hydrogen-bond acceptors (Lipinski definition) is 4. The molecule has 0 bridgehead atoms. The minimum Gasteiger partial charge on any atom is -0.383 e. The summed E-state index contributed by atoms with van der Waals surface area (Å²) in [6.07, 6.45) is 5.06. The van der Waals surface area contributed by atoms with Gasteiger partial charge in [-0.25, -0.2) is 0 Å². The summed E-state index contributed by atoms with van der Waals surface area (Å²) >= 11 is 0. The molecule has 7 heteroatoms. The molecule has 2 fully saturated rings. The topological polar surface area (TPSA) is 53.6 Å². The van der Waals surface area contributed by atoms with Gasteiger partial charge in [0.25, 0.3) is 0 Å². The highest BCUT2D eigenvalue weighted by molar-refractivity contribution is 5.85. The molecule has 1 unspecified atom stereocenters. The van der Waals surface area contributed by atoms with Gasteiger partial charge in [0, 0.05) is 26.2 Å². The minimum absolute atomic E-state index is 0. The number of amides is 1. The molecule has 1 aliphatic carbocycles. The normalized spacial score (nSPS) is 21.5. The number of ether oxygens (including phenoxy) is 1. The Balaban J connectivity index is 0.00000200. The van der Waals surface area contributed by atoms with E-state index in [4.69, 9.17) is 4.74 Å². The first-order valence-corrected chi connectivity index (χ1v) is 7.50. The van der Waals surface area contributed by atoms with Crippen molar-refractivity contribution < 1.29 is 9.53 Å². The lowest BCUT2D eigenvalue weighted by molar-refractivity contribution is -0.120. The Labute approximate surface area is 140 Å². The van der Waals surface area contributed by atoms with Crippen LogP contribution in [0.1, 0.15) is 25.7 Å². The number of methoxy groups -OCH3 is 1. The van der Waals surface area contributed by atoms with Gasteiger partial charge >= 0.3 is 0 Å². The van der Waals surface area contributed by atoms with Crippen molar-refractivity contribution in [3.05, 3.63) is 0 Å². The van der Waals surface area contributed by atoms with Crippen LogP contribution in [0.3, 0.4) is 0 Å². The van der Waals surface area contributed by atoms with Crippen LogP contribution in [0.4, 0.5) is 0 Å². The average molecular weight is 342 g/mol. The molecule has 0 spiro atoms. The molecule has 1 saturated carbocycles. The number of hydrogen-bond donors (Lipinski definition) is 2. The maximum absolute atomic E-state index is 11.7. The molecule has 0 aromatic heterocycles. The summed E-state index contributed by atoms with van der Waals surface area (Å²) < 4.78 is 5.12. The van der Waals surface area contributed by atoms with Crippen molar-refractivity contribution in [1.29, 1.82) is 0 Å². The fraction of sp³-hybridized carbons (Fsp3) is 0.929. The lowest BCUT2D eigenvalue weighted by Gasteiger charge is -2.24. The Morgan fingerprint density at radius 1 is 1.24 bits per heavy atom. The number of carbonyl (C=O) groups is 1. The molecule has 2 N–H and O–H groups in total. The highest BCUT2D eigenvalue weighted by Crippen LogP contribution is 2.27. The molecule has 2 rings (SSSR count). The van der Waals surface area contributed by atoms with E-state index in [-0.39, 0.29) is 30.7 Å². The molecular formula is C14H29Cl2N3O2. The van der Waals surface area contributed by atoms with E-state index in [1.54, 1.807) is 7.11 Å². The summed E-state index contributed by atoms with van der Waals surface area (Å²) in [5, 5.41) is 6.26. The Hall–Kier alpha value is -0.0700. The fourth-order valence-electron chi connectivity index (χ4n) is 2.64. The van der Waals surface area contributed by atoms with Gasteiger partial charge in [-0.3, -0.25) is 9.69 Å². The van der Waals surface area contributed by atoms with Gasteiger partial charge in [-0.1, -0.05) is 0 Å². The number of nitrogens with zero attached hydrogens (tertiary/aromatic N) is 1. The first-order valence-electron chi connectivity index (χ1n) is 7.50. The highest BCUT2D eigenvalue weighted by atomic mass is 35.5. The van der Waals surface area contributed by atoms with Crippen molar-refractivity contribution in [3.63, 3.8) is 0 Å². The molecule has 126 valence electrons. The van der Waals surface area contributed by atoms with Crippen molar-refractivity contribution >= 4 is 30.7 Å². The Morgan fingerprint density at radius 2 is 2.00 bits per heavy atom. The molecule has 0 radical (unpaired) electrons. The van der Waals surface area contributed by atoms with Gasteiger partial charge in [-0.2, -0.15) is 0 Å². The van der Waals surface area contributed by atoms with Crippen LogP contribution >= 0.6 is 24.8 Å². The van der Waals surface area contributed by atoms with E-state index in [2.05, 4.69) is 15.5 Å². The molecule has 1 heterocycles. The molecule has 1 saturated heterocycles. The van der Waals surface area contributed by atoms with Crippen molar-refractivity contribution in [2.75, 3.05) is 46.4 Å². The van der Waals surface area contributed by atoms with E-state index in [9.17, 15) is 4.79 Å². The maximum Gasteiger partial charge on any atom is 0.234 e. The number of rotatable bonds is 9. The summed E-state index contributed by atoms with van der Waals surface area (Å²) in [4.78, 5) is 14.1. The fourth-order valence-corrected chi connectivity index (χ4v) is 2.64. The lowest BCUT2D eigenvalue weighted by Crippen LogP contribution is -2.43. The van der Waals surface area contributed by atoms with E-state index in [0.717, 1.165) is 38.7 Å². The summed E-state index contributed by atoms with van der Waals surface area (Å²) in [6, 6.07) is 0.488. The molecular weight excluding hydrogens is 313 g/mol. The SMILES string of the molecule is COCCN1CCCC1CNC(=O)CNCC1CC1.Cl.Cl. The summed E-state index contributed by atoms with van der Waals surface area (Å²) in [7, 11) is 1.73. The zero-order valence-corrected chi connectivity index (χ0v) is 14.4. The van der Waals surface area contributed by atoms with Crippen LogP contribution in [-0.4, -0.2) is 63.3 Å². The predicted molar refractivity (Wildman–Crippen MR) is 89.6 cm³/mol. The van der Waals surface area contributed by atoms with Crippen LogP contribution in [0, 0.1) is 5.92 Å². The second-order valence-electron chi connectivity index (χ2n) is 5.70. The second kappa shape index (κ2) is 11.5. The largest absolute Gasteiger partial charge is 0.383 e. The third kappa shape index (κ3) is 8.21. The highest BCUT2D eigenvalue weighted by Gasteiger charge is 2.24. The van der Waals surface area contributed by atoms with E-state index < -0.39 is 0 Å². The van der Waals surface area contributed by atoms with E-state index in [1.807, 2.05) is 0 Å². The van der Waals surface area contributed by atoms with Crippen LogP contribution in [0.5, 0.6) is 0 Å². The van der Waals surface area contributed by atoms with E-state index >= 15 is 0 Å². The van der Waals surface area contributed by atoms with Crippen molar-refractivity contribution in [2.24, 2.45) is 5.92 Å². The summed E-state index contributed by atoms with van der Waals surface area (Å²) in [6.45, 7) is 5.10. The first-order chi connectivity index (χ1) is 9.29. The van der Waals surface area contributed by atoms with Crippen molar-refractivity contribution in [3.8, 4) is 0 Å². The molecule has 21 heavy (non-hydrogen) atoms. The number of likely N-dealkylation sites (tertiary alicyclic amines) is 1. The van der Waals surface area contributed by atoms with Crippen LogP contribution in [0.25, 0.3) is 0 Å². The average Bonchev–Trinajstić information content (AvgIpc) is 3.12. The van der Waals surface area contributed by atoms with Gasteiger partial charge in [0.15, 0.2) is 0 Å². The van der Waals surface area contributed by atoms with Crippen molar-refractivity contribution in [1.82, 2.24) is 15.5 Å². The molecule has 1 atom stereocenters. The number of halogens is 2. The van der Waals surface area contributed by atoms with Gasteiger partial charge in [0.2, 0.25) is 5.91 Å². The molecule has 2 aliphatic rings. The standard InChI is InChI=1S/C14H27N3O2.2ClH/c1-19-8-7-17-6-2-3-13(17)10-16-14(18)11-15-9-12-4-5-12;;/h12-13,15H,2-11H2,1H3,(H,16,18);2*1H. The first kappa shape index (κ1) is 20.9. The van der Waals surface area contributed by atoms with E-state index in [1.165, 1.54) is 25.7 Å². The smallest absolute Gasteiger partial charge is 0.234 e. The van der Waals surface area contributed by atoms with Crippen LogP contribution in [0.15, 0.2) is 0 Å². The van der Waals surface area contributed by atoms with Crippen LogP contribution < -0.4 is 10.6 Å². The second-order valence-corrected chi connectivity index (χ2v) is 5.70. The van der Waals surface area contributed by atoms with Gasteiger partial charge in [-0.15, -0.1) is 24.8 Å². The number of nitrogens with one attached hydrogen (secondary N) is 2. The molecule has 0 aromatic carbocycles. The van der Waals surface area contributed by atoms with Gasteiger partial charge in [-0.05, 0) is 44.7 Å². The maximum atomic E-state index is 11.7. The molecule has 1 aliphatic heterocycles. The monoisotopic (exact) mass is 341 g/mol. The lowest BCUT2D eigenvalue weighted by atomic mass is 10.2. The third-order valence-electron chi connectivity index (χ3n) is 4.03. The molecule has 5 nitrogen and oxygen atoms in total. The summed E-state index contributed by atoms with van der Waals surface area (Å²) in [5.74, 6) is 0.950. The Kier molecular flexibility index (Phi) is 11.5. The van der Waals surface area contributed by atoms with Gasteiger partial charge in [0.1, 0.15) is 0 Å². The van der Waals surface area contributed by atoms with Gasteiger partial charge < -0.3 is 15.4 Å². The van der Waals surface area contributed by atoms with Crippen LogP contribution in [-0.2, 0) is 9.53 Å². The minimum atomic E-state index is 0. The molecule has 1 amide bonds. The Morgan fingerprint density at radius 3 is 2.67 bits per heavy atom. The quantitative estimate of drug-likeness (QED) is 0.658. The third-order valence-corrected chi connectivity index (χ3v) is 4.03. The summed E-state index contributed by atoms with van der Waals surface area (Å²) in [5.41, 5.74) is 0. The zero-order chi connectivity index (χ0) is 13.5. The Bertz CT molecular complexity index is 291. The predicted octanol–water partition coefficient (Wildman–Crippen LogP) is 1.06. The van der Waals surface area contributed by atoms with Crippen molar-refractivity contribution in [2.45, 2.75) is 31.7 Å². The van der Waals surface area contributed by atoms with Crippen LogP contribution in [0.2, 0.25) is 0 Å². The van der Waals surface area contributed by atoms with E-state index in [0.29, 0.717) is 12.6 Å².